The Labute approximate surface area is 160 Å². The van der Waals surface area contributed by atoms with Crippen LogP contribution in [0.1, 0.15) is 17.5 Å². The van der Waals surface area contributed by atoms with E-state index in [1.807, 2.05) is 30.3 Å². The van der Waals surface area contributed by atoms with Gasteiger partial charge >= 0.3 is 18.6 Å². The van der Waals surface area contributed by atoms with Crippen LogP contribution in [0.3, 0.4) is 0 Å². The number of alkyl halides is 2. The highest BCUT2D eigenvalue weighted by Gasteiger charge is 2.30. The Morgan fingerprint density at radius 1 is 1.21 bits per heavy atom. The minimum Gasteiger partial charge on any atom is -0.481 e. The summed E-state index contributed by atoms with van der Waals surface area (Å²) in [5.74, 6) is -1.45. The predicted molar refractivity (Wildman–Crippen MR) is 98.7 cm³/mol. The molecular formula is C20H20F2N2O4. The summed E-state index contributed by atoms with van der Waals surface area (Å²) in [5.41, 5.74) is 1.85. The normalized spacial score (nSPS) is 16.2. The largest absolute Gasteiger partial charge is 0.481 e. The Kier molecular flexibility index (Phi) is 6.08. The van der Waals surface area contributed by atoms with Crippen LogP contribution in [-0.4, -0.2) is 41.7 Å². The molecule has 2 aromatic rings. The lowest BCUT2D eigenvalue weighted by atomic mass is 10.0. The van der Waals surface area contributed by atoms with Crippen LogP contribution < -0.4 is 10.1 Å². The lowest BCUT2D eigenvalue weighted by Gasteiger charge is -2.18. The van der Waals surface area contributed by atoms with E-state index >= 15 is 0 Å². The first-order chi connectivity index (χ1) is 13.4. The first-order valence-corrected chi connectivity index (χ1v) is 8.83. The molecule has 0 aromatic heterocycles. The van der Waals surface area contributed by atoms with Gasteiger partial charge in [-0.25, -0.2) is 4.79 Å². The lowest BCUT2D eigenvalue weighted by molar-refractivity contribution is -0.141. The molecule has 148 valence electrons. The number of amides is 2. The Bertz CT molecular complexity index is 845. The van der Waals surface area contributed by atoms with E-state index in [2.05, 4.69) is 10.1 Å². The Balaban J connectivity index is 1.75. The van der Waals surface area contributed by atoms with Crippen LogP contribution in [-0.2, 0) is 11.2 Å². The van der Waals surface area contributed by atoms with E-state index < -0.39 is 24.5 Å². The molecule has 0 bridgehead atoms. The molecule has 2 N–H and O–H groups in total. The van der Waals surface area contributed by atoms with E-state index in [0.29, 0.717) is 30.6 Å². The van der Waals surface area contributed by atoms with Gasteiger partial charge in [0, 0.05) is 30.8 Å². The zero-order valence-electron chi connectivity index (χ0n) is 15.0. The third kappa shape index (κ3) is 4.97. The van der Waals surface area contributed by atoms with Crippen LogP contribution in [0, 0.1) is 5.92 Å². The number of rotatable bonds is 6. The molecule has 28 heavy (non-hydrogen) atoms. The number of carbonyl (C=O) groups excluding carboxylic acids is 1. The smallest absolute Gasteiger partial charge is 0.387 e. The fourth-order valence-electron chi connectivity index (χ4n) is 3.17. The van der Waals surface area contributed by atoms with Gasteiger partial charge in [-0.1, -0.05) is 30.3 Å². The number of benzene rings is 2. The van der Waals surface area contributed by atoms with Crippen molar-refractivity contribution in [2.24, 2.45) is 5.92 Å². The number of nitrogens with zero attached hydrogens (tertiary/aromatic N) is 1. The Morgan fingerprint density at radius 3 is 2.61 bits per heavy atom. The summed E-state index contributed by atoms with van der Waals surface area (Å²) < 4.78 is 30.0. The summed E-state index contributed by atoms with van der Waals surface area (Å²) in [6.45, 7) is -2.45. The minimum atomic E-state index is -2.95. The number of nitrogens with one attached hydrogen (secondary N) is 1. The van der Waals surface area contributed by atoms with Gasteiger partial charge in [-0.15, -0.1) is 0 Å². The van der Waals surface area contributed by atoms with E-state index in [-0.39, 0.29) is 12.3 Å². The number of hydrogen-bond donors (Lipinski definition) is 2. The van der Waals surface area contributed by atoms with Gasteiger partial charge in [0.2, 0.25) is 0 Å². The van der Waals surface area contributed by atoms with Crippen molar-refractivity contribution in [1.82, 2.24) is 4.90 Å². The molecule has 1 atom stereocenters. The van der Waals surface area contributed by atoms with Crippen molar-refractivity contribution in [3.05, 3.63) is 59.7 Å². The lowest BCUT2D eigenvalue weighted by Crippen LogP contribution is -2.33. The van der Waals surface area contributed by atoms with Gasteiger partial charge in [0.05, 0.1) is 5.92 Å². The number of carboxylic acid groups (broad SMARTS) is 1. The number of carboxylic acids is 1. The molecule has 8 heteroatoms. The zero-order chi connectivity index (χ0) is 20.1. The number of aliphatic carboxylic acids is 1. The van der Waals surface area contributed by atoms with Crippen molar-refractivity contribution >= 4 is 17.7 Å². The first kappa shape index (κ1) is 19.6. The molecule has 3 rings (SSSR count). The van der Waals surface area contributed by atoms with Crippen molar-refractivity contribution in [2.45, 2.75) is 19.5 Å². The summed E-state index contributed by atoms with van der Waals surface area (Å²) >= 11 is 0. The van der Waals surface area contributed by atoms with Crippen molar-refractivity contribution < 1.29 is 28.2 Å². The topological polar surface area (TPSA) is 78.9 Å². The number of ether oxygens (including phenoxy) is 1. The van der Waals surface area contributed by atoms with E-state index in [1.54, 1.807) is 6.07 Å². The Hall–Kier alpha value is -3.16. The van der Waals surface area contributed by atoms with Gasteiger partial charge in [0.15, 0.2) is 0 Å². The maximum Gasteiger partial charge on any atom is 0.387 e. The summed E-state index contributed by atoms with van der Waals surface area (Å²) in [4.78, 5) is 24.9. The molecule has 1 aliphatic rings. The summed E-state index contributed by atoms with van der Waals surface area (Å²) in [6, 6.07) is 13.3. The van der Waals surface area contributed by atoms with Crippen LogP contribution in [0.15, 0.2) is 48.5 Å². The van der Waals surface area contributed by atoms with Crippen LogP contribution in [0.2, 0.25) is 0 Å². The van der Waals surface area contributed by atoms with Crippen LogP contribution in [0.4, 0.5) is 19.3 Å². The zero-order valence-corrected chi connectivity index (χ0v) is 15.0. The monoisotopic (exact) mass is 390 g/mol. The van der Waals surface area contributed by atoms with Gasteiger partial charge in [-0.05, 0) is 30.2 Å². The molecule has 0 spiro atoms. The second-order valence-corrected chi connectivity index (χ2v) is 6.56. The minimum absolute atomic E-state index is 0.0453. The SMILES string of the molecule is O=C(O)C1CCN(C(=O)Nc2ccc(OC(F)F)c(Cc3ccccc3)c2)C1. The average molecular weight is 390 g/mol. The van der Waals surface area contributed by atoms with Crippen LogP contribution in [0.5, 0.6) is 5.75 Å². The van der Waals surface area contributed by atoms with E-state index in [1.165, 1.54) is 17.0 Å². The number of halogens is 2. The fraction of sp³-hybridized carbons (Fsp3) is 0.300. The quantitative estimate of drug-likeness (QED) is 0.786. The molecule has 1 saturated heterocycles. The molecule has 0 aliphatic carbocycles. The first-order valence-electron chi connectivity index (χ1n) is 8.83. The predicted octanol–water partition coefficient (Wildman–Crippen LogP) is 3.82. The highest BCUT2D eigenvalue weighted by molar-refractivity contribution is 5.90. The molecule has 2 aromatic carbocycles. The maximum absolute atomic E-state index is 12.7. The maximum atomic E-state index is 12.7. The average Bonchev–Trinajstić information content (AvgIpc) is 3.15. The summed E-state index contributed by atoms with van der Waals surface area (Å²) in [6.07, 6.45) is 0.764. The third-order valence-electron chi connectivity index (χ3n) is 4.59. The molecule has 0 radical (unpaired) electrons. The van der Waals surface area contributed by atoms with Crippen LogP contribution >= 0.6 is 0 Å². The summed E-state index contributed by atoms with van der Waals surface area (Å²) in [5, 5.41) is 11.7. The third-order valence-corrected chi connectivity index (χ3v) is 4.59. The number of anilines is 1. The van der Waals surface area contributed by atoms with E-state index in [0.717, 1.165) is 5.56 Å². The highest BCUT2D eigenvalue weighted by atomic mass is 19.3. The van der Waals surface area contributed by atoms with Crippen LogP contribution in [0.25, 0.3) is 0 Å². The van der Waals surface area contributed by atoms with Crippen molar-refractivity contribution in [2.75, 3.05) is 18.4 Å². The molecule has 6 nitrogen and oxygen atoms in total. The second kappa shape index (κ2) is 8.69. The summed E-state index contributed by atoms with van der Waals surface area (Å²) in [7, 11) is 0. The number of likely N-dealkylation sites (tertiary alicyclic amines) is 1. The molecular weight excluding hydrogens is 370 g/mol. The van der Waals surface area contributed by atoms with Gasteiger partial charge < -0.3 is 20.1 Å². The standard InChI is InChI=1S/C20H20F2N2O4/c21-19(22)28-17-7-6-16(11-15(17)10-13-4-2-1-3-5-13)23-20(27)24-9-8-14(12-24)18(25)26/h1-7,11,14,19H,8-10,12H2,(H,23,27)(H,25,26). The van der Waals surface area contributed by atoms with E-state index in [4.69, 9.17) is 5.11 Å². The van der Waals surface area contributed by atoms with Gasteiger partial charge in [0.1, 0.15) is 5.75 Å². The molecule has 1 fully saturated rings. The van der Waals surface area contributed by atoms with Crippen molar-refractivity contribution in [1.29, 1.82) is 0 Å². The van der Waals surface area contributed by atoms with Gasteiger partial charge in [-0.3, -0.25) is 4.79 Å². The fourth-order valence-corrected chi connectivity index (χ4v) is 3.17. The van der Waals surface area contributed by atoms with Crippen molar-refractivity contribution in [3.8, 4) is 5.75 Å². The second-order valence-electron chi connectivity index (χ2n) is 6.56. The molecule has 1 unspecified atom stereocenters. The number of urea groups is 1. The molecule has 0 saturated carbocycles. The molecule has 1 aliphatic heterocycles. The Morgan fingerprint density at radius 2 is 1.96 bits per heavy atom. The van der Waals surface area contributed by atoms with E-state index in [9.17, 15) is 18.4 Å². The highest BCUT2D eigenvalue weighted by Crippen LogP contribution is 2.27. The number of hydrogen-bond acceptors (Lipinski definition) is 3. The van der Waals surface area contributed by atoms with Gasteiger partial charge in [0.25, 0.3) is 0 Å². The van der Waals surface area contributed by atoms with Crippen molar-refractivity contribution in [3.63, 3.8) is 0 Å². The molecule has 2 amide bonds. The molecule has 1 heterocycles. The van der Waals surface area contributed by atoms with Gasteiger partial charge in [-0.2, -0.15) is 8.78 Å². The number of carbonyl (C=O) groups is 2.